The lowest BCUT2D eigenvalue weighted by atomic mass is 9.81. The Morgan fingerprint density at radius 2 is 1.84 bits per heavy atom. The van der Waals surface area contributed by atoms with E-state index in [2.05, 4.69) is 10.3 Å². The molecule has 1 aliphatic rings. The summed E-state index contributed by atoms with van der Waals surface area (Å²) in [5.41, 5.74) is 0.497. The van der Waals surface area contributed by atoms with E-state index in [4.69, 9.17) is 9.47 Å². The second-order valence-corrected chi connectivity index (χ2v) is 10.7. The number of aromatic nitrogens is 2. The predicted molar refractivity (Wildman–Crippen MR) is 134 cm³/mol. The van der Waals surface area contributed by atoms with Gasteiger partial charge in [0.1, 0.15) is 12.2 Å². The molecule has 0 aliphatic heterocycles. The molecule has 1 saturated carbocycles. The van der Waals surface area contributed by atoms with Crippen LogP contribution in [0.1, 0.15) is 69.3 Å². The SMILES string of the molecule is CC(C)(C)OC(=O)Cc1ccn2cc(C(NC(=O)OCc3ccccc3)C3CCC(F)(F)CC3)nc2c1F. The monoisotopic (exact) mass is 531 g/mol. The average molecular weight is 532 g/mol. The molecule has 1 aromatic carbocycles. The number of fused-ring (bicyclic) bond motifs is 1. The number of nitrogens with one attached hydrogen (secondary N) is 1. The fourth-order valence-electron chi connectivity index (χ4n) is 4.62. The molecule has 0 spiro atoms. The Kier molecular flexibility index (Phi) is 7.99. The van der Waals surface area contributed by atoms with Crippen LogP contribution in [0.3, 0.4) is 0 Å². The molecule has 0 bridgehead atoms. The zero-order valence-electron chi connectivity index (χ0n) is 21.7. The van der Waals surface area contributed by atoms with E-state index in [1.54, 1.807) is 33.2 Å². The molecule has 0 saturated heterocycles. The third-order valence-electron chi connectivity index (χ3n) is 6.46. The van der Waals surface area contributed by atoms with Crippen molar-refractivity contribution in [1.82, 2.24) is 14.7 Å². The molecule has 1 N–H and O–H groups in total. The summed E-state index contributed by atoms with van der Waals surface area (Å²) >= 11 is 0. The van der Waals surface area contributed by atoms with E-state index < -0.39 is 35.4 Å². The highest BCUT2D eigenvalue weighted by atomic mass is 19.3. The zero-order chi connectivity index (χ0) is 27.5. The molecule has 7 nitrogen and oxygen atoms in total. The Bertz CT molecular complexity index is 1280. The number of hydrogen-bond donors (Lipinski definition) is 1. The van der Waals surface area contributed by atoms with E-state index >= 15 is 4.39 Å². The highest BCUT2D eigenvalue weighted by molar-refractivity contribution is 5.73. The lowest BCUT2D eigenvalue weighted by Gasteiger charge is -2.33. The molecule has 0 radical (unpaired) electrons. The van der Waals surface area contributed by atoms with Crippen LogP contribution in [0, 0.1) is 11.7 Å². The molecule has 10 heteroatoms. The van der Waals surface area contributed by atoms with Crippen LogP contribution in [-0.4, -0.2) is 33.0 Å². The van der Waals surface area contributed by atoms with E-state index in [1.165, 1.54) is 10.5 Å². The van der Waals surface area contributed by atoms with Crippen molar-refractivity contribution in [3.63, 3.8) is 0 Å². The minimum Gasteiger partial charge on any atom is -0.460 e. The smallest absolute Gasteiger partial charge is 0.408 e. The fraction of sp³-hybridized carbons (Fsp3) is 0.464. The second-order valence-electron chi connectivity index (χ2n) is 10.7. The number of pyridine rings is 1. The van der Waals surface area contributed by atoms with Crippen molar-refractivity contribution in [2.24, 2.45) is 5.92 Å². The molecule has 38 heavy (non-hydrogen) atoms. The van der Waals surface area contributed by atoms with Crippen molar-refractivity contribution in [2.45, 2.75) is 77.0 Å². The number of carbonyl (C=O) groups is 2. The van der Waals surface area contributed by atoms with Crippen molar-refractivity contribution in [1.29, 1.82) is 0 Å². The number of amides is 1. The van der Waals surface area contributed by atoms with Crippen molar-refractivity contribution >= 4 is 17.7 Å². The minimum absolute atomic E-state index is 0.0355. The van der Waals surface area contributed by atoms with Crippen LogP contribution in [0.25, 0.3) is 5.65 Å². The molecule has 1 fully saturated rings. The van der Waals surface area contributed by atoms with Crippen molar-refractivity contribution in [3.8, 4) is 0 Å². The Labute approximate surface area is 219 Å². The fourth-order valence-corrected chi connectivity index (χ4v) is 4.62. The number of benzene rings is 1. The lowest BCUT2D eigenvalue weighted by Crippen LogP contribution is -2.37. The number of carbonyl (C=O) groups excluding carboxylic acids is 2. The van der Waals surface area contributed by atoms with Crippen LogP contribution < -0.4 is 5.32 Å². The standard InChI is InChI=1S/C28H32F3N3O4/c1-27(2,3)38-22(35)15-20-11-14-34-16-21(32-25(34)23(20)29)24(19-9-12-28(30,31)13-10-19)33-26(36)37-17-18-7-5-4-6-8-18/h4-8,11,14,16,19,24H,9-10,12-13,15,17H2,1-3H3,(H,33,36). The summed E-state index contributed by atoms with van der Waals surface area (Å²) in [7, 11) is 0. The number of alkyl halides is 2. The maximum Gasteiger partial charge on any atom is 0.408 e. The number of alkyl carbamates (subject to hydrolysis) is 1. The zero-order valence-corrected chi connectivity index (χ0v) is 21.7. The van der Waals surface area contributed by atoms with Crippen molar-refractivity contribution in [3.05, 3.63) is 71.4 Å². The lowest BCUT2D eigenvalue weighted by molar-refractivity contribution is -0.154. The van der Waals surface area contributed by atoms with Crippen molar-refractivity contribution < 1.29 is 32.2 Å². The summed E-state index contributed by atoms with van der Waals surface area (Å²) in [4.78, 5) is 29.4. The Hall–Kier alpha value is -3.56. The molecule has 4 rings (SSSR count). The Morgan fingerprint density at radius 3 is 2.50 bits per heavy atom. The molecule has 3 aromatic rings. The van der Waals surface area contributed by atoms with Crippen molar-refractivity contribution in [2.75, 3.05) is 0 Å². The summed E-state index contributed by atoms with van der Waals surface area (Å²) in [6.07, 6.45) is 1.84. The van der Waals surface area contributed by atoms with E-state index in [0.717, 1.165) is 5.56 Å². The van der Waals surface area contributed by atoms with E-state index in [-0.39, 0.29) is 55.8 Å². The maximum absolute atomic E-state index is 15.4. The predicted octanol–water partition coefficient (Wildman–Crippen LogP) is 6.15. The van der Waals surface area contributed by atoms with Gasteiger partial charge in [0.25, 0.3) is 0 Å². The van der Waals surface area contributed by atoms with Gasteiger partial charge in [0.2, 0.25) is 5.92 Å². The highest BCUT2D eigenvalue weighted by Crippen LogP contribution is 2.41. The molecule has 1 unspecified atom stereocenters. The van der Waals surface area contributed by atoms with Crippen LogP contribution in [-0.2, 0) is 27.3 Å². The molecule has 1 atom stereocenters. The van der Waals surface area contributed by atoms with Gasteiger partial charge in [0.15, 0.2) is 11.5 Å². The average Bonchev–Trinajstić information content (AvgIpc) is 3.28. The third kappa shape index (κ3) is 7.05. The summed E-state index contributed by atoms with van der Waals surface area (Å²) in [5, 5.41) is 2.78. The number of hydrogen-bond acceptors (Lipinski definition) is 5. The van der Waals surface area contributed by atoms with Crippen LogP contribution in [0.5, 0.6) is 0 Å². The summed E-state index contributed by atoms with van der Waals surface area (Å²) in [5.74, 6) is -4.36. The normalized spacial score (nSPS) is 16.7. The number of rotatable bonds is 7. The van der Waals surface area contributed by atoms with Gasteiger partial charge in [-0.3, -0.25) is 4.79 Å². The molecular formula is C28H32F3N3O4. The summed E-state index contributed by atoms with van der Waals surface area (Å²) < 4.78 is 55.2. The molecule has 2 heterocycles. The molecule has 1 aliphatic carbocycles. The summed E-state index contributed by atoms with van der Waals surface area (Å²) in [6, 6.07) is 9.83. The first kappa shape index (κ1) is 27.5. The quantitative estimate of drug-likeness (QED) is 0.370. The number of ether oxygens (including phenoxy) is 2. The number of esters is 1. The van der Waals surface area contributed by atoms with Crippen LogP contribution in [0.4, 0.5) is 18.0 Å². The first-order valence-electron chi connectivity index (χ1n) is 12.6. The number of nitrogens with zero attached hydrogens (tertiary/aromatic N) is 2. The topological polar surface area (TPSA) is 81.9 Å². The summed E-state index contributed by atoms with van der Waals surface area (Å²) in [6.45, 7) is 5.22. The number of imidazole rings is 1. The largest absolute Gasteiger partial charge is 0.460 e. The molecule has 204 valence electrons. The Balaban J connectivity index is 1.56. The van der Waals surface area contributed by atoms with Gasteiger partial charge in [-0.2, -0.15) is 0 Å². The van der Waals surface area contributed by atoms with Crippen LogP contribution in [0.15, 0.2) is 48.8 Å². The third-order valence-corrected chi connectivity index (χ3v) is 6.46. The molecule has 2 aromatic heterocycles. The van der Waals surface area contributed by atoms with Crippen LogP contribution in [0.2, 0.25) is 0 Å². The van der Waals surface area contributed by atoms with E-state index in [0.29, 0.717) is 5.69 Å². The molecule has 1 amide bonds. The maximum atomic E-state index is 15.4. The first-order valence-corrected chi connectivity index (χ1v) is 12.6. The van der Waals surface area contributed by atoms with Gasteiger partial charge in [-0.15, -0.1) is 0 Å². The molecular weight excluding hydrogens is 499 g/mol. The van der Waals surface area contributed by atoms with Gasteiger partial charge in [0.05, 0.1) is 18.2 Å². The number of halogens is 3. The van der Waals surface area contributed by atoms with Crippen LogP contribution >= 0.6 is 0 Å². The van der Waals surface area contributed by atoms with Gasteiger partial charge < -0.3 is 19.2 Å². The van der Waals surface area contributed by atoms with Gasteiger partial charge >= 0.3 is 12.1 Å². The van der Waals surface area contributed by atoms with Gasteiger partial charge in [-0.1, -0.05) is 30.3 Å². The van der Waals surface area contributed by atoms with E-state index in [9.17, 15) is 18.4 Å². The van der Waals surface area contributed by atoms with Gasteiger partial charge in [-0.25, -0.2) is 22.9 Å². The Morgan fingerprint density at radius 1 is 1.16 bits per heavy atom. The van der Waals surface area contributed by atoms with Gasteiger partial charge in [-0.05, 0) is 51.2 Å². The van der Waals surface area contributed by atoms with E-state index in [1.807, 2.05) is 30.3 Å². The highest BCUT2D eigenvalue weighted by Gasteiger charge is 2.39. The second kappa shape index (κ2) is 11.0. The van der Waals surface area contributed by atoms with Gasteiger partial charge in [0, 0.05) is 30.8 Å². The minimum atomic E-state index is -2.75. The first-order chi connectivity index (χ1) is 17.9.